The van der Waals surface area contributed by atoms with Crippen LogP contribution in [0.5, 0.6) is 0 Å². The SMILES string of the molecule is COCc1cccc(C(=O)OCC(=O)c2cc(C)n(Cc3ccco3)c2C)c1. The van der Waals surface area contributed by atoms with Crippen LogP contribution in [0.25, 0.3) is 0 Å². The molecule has 0 bridgehead atoms. The van der Waals surface area contributed by atoms with Gasteiger partial charge in [-0.05, 0) is 49.7 Å². The Balaban J connectivity index is 1.66. The molecule has 146 valence electrons. The fourth-order valence-electron chi connectivity index (χ4n) is 3.13. The van der Waals surface area contributed by atoms with Gasteiger partial charge in [-0.25, -0.2) is 4.79 Å². The molecule has 6 nitrogen and oxygen atoms in total. The topological polar surface area (TPSA) is 70.7 Å². The van der Waals surface area contributed by atoms with Gasteiger partial charge in [-0.3, -0.25) is 4.79 Å². The number of aryl methyl sites for hydroxylation is 1. The minimum absolute atomic E-state index is 0.236. The van der Waals surface area contributed by atoms with Gasteiger partial charge < -0.3 is 18.5 Å². The highest BCUT2D eigenvalue weighted by Gasteiger charge is 2.18. The summed E-state index contributed by atoms with van der Waals surface area (Å²) < 4.78 is 17.7. The number of nitrogens with zero attached hydrogens (tertiary/aromatic N) is 1. The first-order chi connectivity index (χ1) is 13.5. The molecule has 0 fully saturated rings. The van der Waals surface area contributed by atoms with Gasteiger partial charge in [-0.2, -0.15) is 0 Å². The summed E-state index contributed by atoms with van der Waals surface area (Å²) in [5.74, 6) is 0.0408. The first kappa shape index (κ1) is 19.6. The van der Waals surface area contributed by atoms with Crippen LogP contribution in [-0.4, -0.2) is 30.0 Å². The molecular formula is C22H23NO5. The number of aromatic nitrogens is 1. The second-order valence-electron chi connectivity index (χ2n) is 6.58. The summed E-state index contributed by atoms with van der Waals surface area (Å²) in [6.07, 6.45) is 1.62. The predicted molar refractivity (Wildman–Crippen MR) is 103 cm³/mol. The second-order valence-corrected chi connectivity index (χ2v) is 6.58. The lowest BCUT2D eigenvalue weighted by atomic mass is 10.1. The molecule has 0 saturated carbocycles. The Labute approximate surface area is 163 Å². The number of ketones is 1. The highest BCUT2D eigenvalue weighted by Crippen LogP contribution is 2.18. The van der Waals surface area contributed by atoms with E-state index >= 15 is 0 Å². The van der Waals surface area contributed by atoms with Crippen molar-refractivity contribution in [2.45, 2.75) is 27.0 Å². The van der Waals surface area contributed by atoms with Crippen molar-refractivity contribution < 1.29 is 23.5 Å². The third-order valence-corrected chi connectivity index (χ3v) is 4.58. The summed E-state index contributed by atoms with van der Waals surface area (Å²) in [5.41, 5.74) is 3.56. The minimum Gasteiger partial charge on any atom is -0.467 e. The summed E-state index contributed by atoms with van der Waals surface area (Å²) in [6.45, 7) is 4.45. The van der Waals surface area contributed by atoms with Gasteiger partial charge in [0.05, 0.1) is 25.0 Å². The maximum atomic E-state index is 12.6. The van der Waals surface area contributed by atoms with Crippen LogP contribution in [0.2, 0.25) is 0 Å². The molecule has 0 aliphatic carbocycles. The van der Waals surface area contributed by atoms with E-state index in [1.165, 1.54) is 0 Å². The zero-order valence-corrected chi connectivity index (χ0v) is 16.2. The lowest BCUT2D eigenvalue weighted by Gasteiger charge is -2.08. The lowest BCUT2D eigenvalue weighted by Crippen LogP contribution is -2.15. The molecule has 0 aliphatic rings. The number of hydrogen-bond acceptors (Lipinski definition) is 5. The van der Waals surface area contributed by atoms with Gasteiger partial charge in [0, 0.05) is 24.1 Å². The summed E-state index contributed by atoms with van der Waals surface area (Å²) >= 11 is 0. The number of esters is 1. The van der Waals surface area contributed by atoms with Crippen LogP contribution >= 0.6 is 0 Å². The van der Waals surface area contributed by atoms with Crippen LogP contribution in [0.3, 0.4) is 0 Å². The normalized spacial score (nSPS) is 10.8. The van der Waals surface area contributed by atoms with E-state index in [4.69, 9.17) is 13.9 Å². The molecule has 0 spiro atoms. The van der Waals surface area contributed by atoms with Crippen molar-refractivity contribution in [1.29, 1.82) is 0 Å². The minimum atomic E-state index is -0.532. The maximum Gasteiger partial charge on any atom is 0.338 e. The van der Waals surface area contributed by atoms with Gasteiger partial charge in [0.15, 0.2) is 6.61 Å². The molecule has 0 unspecified atom stereocenters. The van der Waals surface area contributed by atoms with Gasteiger partial charge >= 0.3 is 5.97 Å². The molecule has 3 rings (SSSR count). The molecule has 3 aromatic rings. The molecule has 1 aromatic carbocycles. The zero-order chi connectivity index (χ0) is 20.1. The van der Waals surface area contributed by atoms with Crippen LogP contribution in [0, 0.1) is 13.8 Å². The molecule has 0 N–H and O–H groups in total. The van der Waals surface area contributed by atoms with Crippen LogP contribution in [0.1, 0.15) is 43.4 Å². The van der Waals surface area contributed by atoms with Crippen LogP contribution in [0.15, 0.2) is 53.1 Å². The number of ether oxygens (including phenoxy) is 2. The molecular weight excluding hydrogens is 358 g/mol. The Kier molecular flexibility index (Phi) is 6.11. The standard InChI is InChI=1S/C22H23NO5/c1-15-10-20(16(2)23(15)12-19-8-5-9-27-19)21(24)14-28-22(25)18-7-4-6-17(11-18)13-26-3/h4-11H,12-14H2,1-3H3. The molecule has 2 aromatic heterocycles. The Morgan fingerprint density at radius 1 is 1.11 bits per heavy atom. The Morgan fingerprint density at radius 2 is 1.93 bits per heavy atom. The summed E-state index contributed by atoms with van der Waals surface area (Å²) in [5, 5.41) is 0. The van der Waals surface area contributed by atoms with E-state index < -0.39 is 5.97 Å². The number of carbonyl (C=O) groups is 2. The van der Waals surface area contributed by atoms with Gasteiger partial charge in [-0.1, -0.05) is 12.1 Å². The summed E-state index contributed by atoms with van der Waals surface area (Å²) in [6, 6.07) is 12.5. The van der Waals surface area contributed by atoms with Crippen molar-refractivity contribution in [3.05, 3.63) is 82.6 Å². The summed E-state index contributed by atoms with van der Waals surface area (Å²) in [7, 11) is 1.59. The Morgan fingerprint density at radius 3 is 2.64 bits per heavy atom. The molecule has 6 heteroatoms. The average molecular weight is 381 g/mol. The van der Waals surface area contributed by atoms with E-state index in [2.05, 4.69) is 0 Å². The van der Waals surface area contributed by atoms with E-state index in [9.17, 15) is 9.59 Å². The molecule has 0 atom stereocenters. The van der Waals surface area contributed by atoms with Gasteiger partial charge in [0.25, 0.3) is 0 Å². The quantitative estimate of drug-likeness (QED) is 0.437. The molecule has 28 heavy (non-hydrogen) atoms. The number of rotatable bonds is 8. The number of benzene rings is 1. The van der Waals surface area contributed by atoms with Crippen molar-refractivity contribution >= 4 is 11.8 Å². The van der Waals surface area contributed by atoms with Crippen molar-refractivity contribution in [1.82, 2.24) is 4.57 Å². The number of carbonyl (C=O) groups excluding carboxylic acids is 2. The van der Waals surface area contributed by atoms with E-state index in [1.54, 1.807) is 31.6 Å². The van der Waals surface area contributed by atoms with E-state index in [1.807, 2.05) is 42.7 Å². The molecule has 0 aliphatic heterocycles. The van der Waals surface area contributed by atoms with Gasteiger partial charge in [-0.15, -0.1) is 0 Å². The van der Waals surface area contributed by atoms with Crippen molar-refractivity contribution in [2.75, 3.05) is 13.7 Å². The largest absolute Gasteiger partial charge is 0.467 e. The number of methoxy groups -OCH3 is 1. The first-order valence-electron chi connectivity index (χ1n) is 8.97. The van der Waals surface area contributed by atoms with E-state index in [0.29, 0.717) is 24.3 Å². The average Bonchev–Trinajstić information content (AvgIpc) is 3.30. The first-order valence-corrected chi connectivity index (χ1v) is 8.97. The third-order valence-electron chi connectivity index (χ3n) is 4.58. The van der Waals surface area contributed by atoms with E-state index in [0.717, 1.165) is 22.7 Å². The second kappa shape index (κ2) is 8.71. The highest BCUT2D eigenvalue weighted by molar-refractivity contribution is 6.00. The summed E-state index contributed by atoms with van der Waals surface area (Å²) in [4.78, 5) is 24.9. The number of hydrogen-bond donors (Lipinski definition) is 0. The fraction of sp³-hybridized carbons (Fsp3) is 0.273. The van der Waals surface area contributed by atoms with Crippen molar-refractivity contribution in [3.63, 3.8) is 0 Å². The molecule has 2 heterocycles. The Hall–Kier alpha value is -3.12. The van der Waals surface area contributed by atoms with Crippen LogP contribution < -0.4 is 0 Å². The van der Waals surface area contributed by atoms with Crippen LogP contribution in [-0.2, 0) is 22.6 Å². The fourth-order valence-corrected chi connectivity index (χ4v) is 3.13. The van der Waals surface area contributed by atoms with Gasteiger partial charge in [0.1, 0.15) is 5.76 Å². The number of Topliss-reactive ketones (excluding diaryl/α,β-unsaturated/α-hetero) is 1. The Bertz CT molecular complexity index is 969. The lowest BCUT2D eigenvalue weighted by molar-refractivity contribution is 0.0474. The highest BCUT2D eigenvalue weighted by atomic mass is 16.5. The predicted octanol–water partition coefficient (Wildman–Crippen LogP) is 3.93. The molecule has 0 amide bonds. The number of furan rings is 1. The van der Waals surface area contributed by atoms with Crippen LogP contribution in [0.4, 0.5) is 0 Å². The third kappa shape index (κ3) is 4.40. The zero-order valence-electron chi connectivity index (χ0n) is 16.2. The van der Waals surface area contributed by atoms with E-state index in [-0.39, 0.29) is 12.4 Å². The van der Waals surface area contributed by atoms with Gasteiger partial charge in [0.2, 0.25) is 5.78 Å². The molecule has 0 saturated heterocycles. The monoisotopic (exact) mass is 381 g/mol. The maximum absolute atomic E-state index is 12.6. The molecule has 0 radical (unpaired) electrons. The smallest absolute Gasteiger partial charge is 0.338 e. The van der Waals surface area contributed by atoms with Crippen molar-refractivity contribution in [3.8, 4) is 0 Å². The van der Waals surface area contributed by atoms with Crippen molar-refractivity contribution in [2.24, 2.45) is 0 Å².